The van der Waals surface area contributed by atoms with E-state index in [9.17, 15) is 18.0 Å². The number of benzene rings is 2. The molecule has 40 heavy (non-hydrogen) atoms. The van der Waals surface area contributed by atoms with E-state index in [1.807, 2.05) is 12.1 Å². The molecule has 0 aliphatic carbocycles. The van der Waals surface area contributed by atoms with Gasteiger partial charge in [0.15, 0.2) is 0 Å². The van der Waals surface area contributed by atoms with Crippen molar-refractivity contribution in [3.8, 4) is 0 Å². The summed E-state index contributed by atoms with van der Waals surface area (Å²) >= 11 is 0. The van der Waals surface area contributed by atoms with E-state index in [1.54, 1.807) is 51.1 Å². The Kier molecular flexibility index (Phi) is 9.21. The van der Waals surface area contributed by atoms with Crippen LogP contribution in [-0.2, 0) is 38.8 Å². The highest BCUT2D eigenvalue weighted by molar-refractivity contribution is 7.89. The van der Waals surface area contributed by atoms with Crippen LogP contribution < -0.4 is 15.4 Å². The van der Waals surface area contributed by atoms with Gasteiger partial charge in [0.05, 0.1) is 4.90 Å². The fraction of sp³-hybridized carbons (Fsp3) is 0.367. The zero-order valence-corrected chi connectivity index (χ0v) is 23.9. The molecule has 10 heteroatoms. The molecule has 2 heterocycles. The van der Waals surface area contributed by atoms with Crippen molar-refractivity contribution in [2.24, 2.45) is 0 Å². The second kappa shape index (κ2) is 12.6. The lowest BCUT2D eigenvalue weighted by atomic mass is 10.0. The third-order valence-electron chi connectivity index (χ3n) is 6.35. The molecule has 1 aromatic heterocycles. The number of esters is 1. The summed E-state index contributed by atoms with van der Waals surface area (Å²) < 4.78 is 33.5. The number of nitrogens with zero attached hydrogens (tertiary/aromatic N) is 1. The van der Waals surface area contributed by atoms with Crippen molar-refractivity contribution in [1.82, 2.24) is 15.0 Å². The van der Waals surface area contributed by atoms with Gasteiger partial charge >= 0.3 is 5.97 Å². The van der Waals surface area contributed by atoms with Crippen LogP contribution in [0.1, 0.15) is 54.4 Å². The Morgan fingerprint density at radius 3 is 2.42 bits per heavy atom. The van der Waals surface area contributed by atoms with Crippen molar-refractivity contribution < 1.29 is 22.7 Å². The molecule has 0 fully saturated rings. The third kappa shape index (κ3) is 8.12. The summed E-state index contributed by atoms with van der Waals surface area (Å²) in [5, 5.41) is 6.02. The number of amides is 1. The second-order valence-electron chi connectivity index (χ2n) is 10.8. The Morgan fingerprint density at radius 2 is 1.73 bits per heavy atom. The van der Waals surface area contributed by atoms with Gasteiger partial charge in [0.25, 0.3) is 5.91 Å². The Labute approximate surface area is 235 Å². The minimum Gasteiger partial charge on any atom is -0.459 e. The van der Waals surface area contributed by atoms with Crippen molar-refractivity contribution >= 4 is 27.7 Å². The number of rotatable bonds is 10. The molecule has 4 rings (SSSR count). The summed E-state index contributed by atoms with van der Waals surface area (Å²) in [6, 6.07) is 17.8. The van der Waals surface area contributed by atoms with Crippen LogP contribution in [0.5, 0.6) is 0 Å². The summed E-state index contributed by atoms with van der Waals surface area (Å²) in [4.78, 5) is 30.4. The summed E-state index contributed by atoms with van der Waals surface area (Å²) in [5.74, 6) is -0.235. The zero-order chi connectivity index (χ0) is 28.8. The highest BCUT2D eigenvalue weighted by atomic mass is 32.2. The van der Waals surface area contributed by atoms with E-state index >= 15 is 0 Å². The molecule has 0 bridgehead atoms. The molecule has 0 spiro atoms. The maximum Gasteiger partial charge on any atom is 0.326 e. The molecule has 2 aromatic carbocycles. The van der Waals surface area contributed by atoms with Crippen molar-refractivity contribution in [3.63, 3.8) is 0 Å². The van der Waals surface area contributed by atoms with E-state index in [4.69, 9.17) is 9.72 Å². The number of sulfonamides is 1. The third-order valence-corrected chi connectivity index (χ3v) is 7.83. The number of carbonyl (C=O) groups is 2. The first-order valence-corrected chi connectivity index (χ1v) is 14.9. The van der Waals surface area contributed by atoms with E-state index in [0.717, 1.165) is 49.3 Å². The van der Waals surface area contributed by atoms with Gasteiger partial charge < -0.3 is 15.4 Å². The number of ether oxygens (including phenoxy) is 1. The van der Waals surface area contributed by atoms with Crippen molar-refractivity contribution in [3.05, 3.63) is 89.1 Å². The molecule has 0 saturated carbocycles. The van der Waals surface area contributed by atoms with Gasteiger partial charge in [-0.2, -0.15) is 4.72 Å². The smallest absolute Gasteiger partial charge is 0.326 e. The molecule has 0 unspecified atom stereocenters. The molecule has 1 atom stereocenters. The van der Waals surface area contributed by atoms with Gasteiger partial charge in [-0.05, 0) is 87.9 Å². The van der Waals surface area contributed by atoms with Gasteiger partial charge in [-0.1, -0.05) is 36.4 Å². The lowest BCUT2D eigenvalue weighted by molar-refractivity contribution is -0.156. The van der Waals surface area contributed by atoms with Gasteiger partial charge in [-0.3, -0.25) is 9.59 Å². The molecule has 3 aromatic rings. The molecule has 0 saturated heterocycles. The van der Waals surface area contributed by atoms with Crippen LogP contribution >= 0.6 is 0 Å². The number of hydrogen-bond acceptors (Lipinski definition) is 7. The minimum atomic E-state index is -4.02. The maximum atomic E-state index is 12.9. The lowest BCUT2D eigenvalue weighted by Gasteiger charge is -2.24. The fourth-order valence-corrected chi connectivity index (χ4v) is 5.51. The highest BCUT2D eigenvalue weighted by Gasteiger charge is 2.30. The first kappa shape index (κ1) is 29.2. The van der Waals surface area contributed by atoms with Crippen molar-refractivity contribution in [2.45, 2.75) is 63.0 Å². The van der Waals surface area contributed by atoms with E-state index in [1.165, 1.54) is 17.7 Å². The SMILES string of the molecule is CC(C)(C)OC(=O)[C@H](CNC(=O)c1ccc(CCc2ccc3c(n2)NCCC3)cc1)NS(=O)(=O)c1ccccc1. The number of nitrogens with one attached hydrogen (secondary N) is 3. The van der Waals surface area contributed by atoms with Crippen LogP contribution in [0, 0.1) is 0 Å². The van der Waals surface area contributed by atoms with Crippen LogP contribution in [0.2, 0.25) is 0 Å². The Hall–Kier alpha value is -3.76. The highest BCUT2D eigenvalue weighted by Crippen LogP contribution is 2.20. The molecule has 1 aliphatic heterocycles. The predicted molar refractivity (Wildman–Crippen MR) is 154 cm³/mol. The largest absolute Gasteiger partial charge is 0.459 e. The molecule has 212 valence electrons. The number of fused-ring (bicyclic) bond motifs is 1. The van der Waals surface area contributed by atoms with Gasteiger partial charge in [0, 0.05) is 24.3 Å². The Morgan fingerprint density at radius 1 is 1.00 bits per heavy atom. The van der Waals surface area contributed by atoms with Crippen LogP contribution in [0.15, 0.2) is 71.6 Å². The first-order valence-electron chi connectivity index (χ1n) is 13.4. The summed E-state index contributed by atoms with van der Waals surface area (Å²) in [6.07, 6.45) is 3.73. The van der Waals surface area contributed by atoms with Gasteiger partial charge in [0.2, 0.25) is 10.0 Å². The lowest BCUT2D eigenvalue weighted by Crippen LogP contribution is -2.50. The zero-order valence-electron chi connectivity index (χ0n) is 23.1. The molecular formula is C30H36N4O5S. The van der Waals surface area contributed by atoms with E-state index in [0.29, 0.717) is 5.56 Å². The number of carbonyl (C=O) groups excluding carboxylic acids is 2. The molecule has 1 aliphatic rings. The van der Waals surface area contributed by atoms with E-state index in [-0.39, 0.29) is 11.4 Å². The monoisotopic (exact) mass is 564 g/mol. The molecule has 1 amide bonds. The van der Waals surface area contributed by atoms with Crippen LogP contribution in [0.25, 0.3) is 0 Å². The molecular weight excluding hydrogens is 528 g/mol. The number of aryl methyl sites for hydroxylation is 3. The second-order valence-corrected chi connectivity index (χ2v) is 12.5. The fourth-order valence-electron chi connectivity index (χ4n) is 4.30. The van der Waals surface area contributed by atoms with Gasteiger partial charge in [-0.25, -0.2) is 13.4 Å². The molecule has 3 N–H and O–H groups in total. The van der Waals surface area contributed by atoms with Crippen LogP contribution in [0.3, 0.4) is 0 Å². The maximum absolute atomic E-state index is 12.9. The normalized spacial score (nSPS) is 14.0. The van der Waals surface area contributed by atoms with E-state index < -0.39 is 33.5 Å². The summed E-state index contributed by atoms with van der Waals surface area (Å²) in [5.41, 5.74) is 2.90. The van der Waals surface area contributed by atoms with E-state index in [2.05, 4.69) is 27.5 Å². The van der Waals surface area contributed by atoms with Crippen LogP contribution in [-0.4, -0.2) is 50.0 Å². The summed E-state index contributed by atoms with van der Waals surface area (Å²) in [7, 11) is -4.02. The average Bonchev–Trinajstić information content (AvgIpc) is 2.93. The summed E-state index contributed by atoms with van der Waals surface area (Å²) in [6.45, 7) is 5.73. The molecule has 9 nitrogen and oxygen atoms in total. The van der Waals surface area contributed by atoms with Crippen LogP contribution in [0.4, 0.5) is 5.82 Å². The molecule has 0 radical (unpaired) electrons. The number of anilines is 1. The number of hydrogen-bond donors (Lipinski definition) is 3. The average molecular weight is 565 g/mol. The quantitative estimate of drug-likeness (QED) is 0.321. The van der Waals surface area contributed by atoms with Gasteiger partial charge in [-0.15, -0.1) is 0 Å². The Balaban J connectivity index is 1.36. The van der Waals surface area contributed by atoms with Crippen molar-refractivity contribution in [2.75, 3.05) is 18.4 Å². The topological polar surface area (TPSA) is 126 Å². The standard InChI is InChI=1S/C30H36N4O5S/c1-30(2,3)39-29(36)26(34-40(37,38)25-9-5-4-6-10-25)20-32-28(35)23-14-11-21(12-15-23)13-17-24-18-16-22-8-7-19-31-27(22)33-24/h4-6,9-12,14-16,18,26,34H,7-8,13,17,19-20H2,1-3H3,(H,31,33)(H,32,35)/t26-/m0/s1. The predicted octanol–water partition coefficient (Wildman–Crippen LogP) is 3.64. The number of pyridine rings is 1. The van der Waals surface area contributed by atoms with Crippen molar-refractivity contribution in [1.29, 1.82) is 0 Å². The number of aromatic nitrogens is 1. The van der Waals surface area contributed by atoms with Gasteiger partial charge in [0.1, 0.15) is 17.5 Å². The Bertz CT molecular complexity index is 1440. The minimum absolute atomic E-state index is 0.00678. The first-order chi connectivity index (χ1) is 19.0.